The summed E-state index contributed by atoms with van der Waals surface area (Å²) in [6.45, 7) is 0. The molecule has 0 heterocycles. The molecular formula is C8H13ClO. The lowest BCUT2D eigenvalue weighted by Crippen LogP contribution is -2.15. The van der Waals surface area contributed by atoms with Crippen molar-refractivity contribution < 1.29 is 4.79 Å². The summed E-state index contributed by atoms with van der Waals surface area (Å²) >= 11 is 5.79. The fraction of sp³-hybridized carbons (Fsp3) is 0.875. The molecule has 1 fully saturated rings. The first kappa shape index (κ1) is 8.06. The number of carbonyl (C=O) groups excluding carboxylic acids is 1. The first-order valence-electron chi connectivity index (χ1n) is 3.97. The van der Waals surface area contributed by atoms with Crippen LogP contribution < -0.4 is 0 Å². The lowest BCUT2D eigenvalue weighted by Gasteiger charge is -2.11. The Morgan fingerprint density at radius 3 is 2.70 bits per heavy atom. The molecule has 1 saturated carbocycles. The van der Waals surface area contributed by atoms with Crippen LogP contribution in [-0.2, 0) is 4.79 Å². The number of alkyl halides is 1. The fourth-order valence-electron chi connectivity index (χ4n) is 1.29. The SMILES string of the molecule is O=C1CCCCCC[C@H]1Cl. The highest BCUT2D eigenvalue weighted by atomic mass is 35.5. The van der Waals surface area contributed by atoms with E-state index in [0.717, 1.165) is 19.3 Å². The Balaban J connectivity index is 2.35. The van der Waals surface area contributed by atoms with Gasteiger partial charge in [0.25, 0.3) is 0 Å². The van der Waals surface area contributed by atoms with Gasteiger partial charge >= 0.3 is 0 Å². The van der Waals surface area contributed by atoms with E-state index in [0.29, 0.717) is 6.42 Å². The maximum atomic E-state index is 11.0. The molecule has 0 aromatic heterocycles. The van der Waals surface area contributed by atoms with Gasteiger partial charge in [-0.05, 0) is 12.8 Å². The van der Waals surface area contributed by atoms with Gasteiger partial charge in [-0.15, -0.1) is 11.6 Å². The predicted octanol–water partition coefficient (Wildman–Crippen LogP) is 2.52. The van der Waals surface area contributed by atoms with Gasteiger partial charge < -0.3 is 0 Å². The Bertz CT molecular complexity index is 122. The Kier molecular flexibility index (Phi) is 3.20. The van der Waals surface area contributed by atoms with Crippen LogP contribution in [0.4, 0.5) is 0 Å². The van der Waals surface area contributed by atoms with Crippen molar-refractivity contribution in [3.05, 3.63) is 0 Å². The standard InChI is InChI=1S/C8H13ClO/c9-7-5-3-1-2-4-6-8(7)10/h7H,1-6H2/t7-/m1/s1. The molecule has 0 radical (unpaired) electrons. The highest BCUT2D eigenvalue weighted by molar-refractivity contribution is 6.31. The first-order chi connectivity index (χ1) is 4.80. The average Bonchev–Trinajstić information content (AvgIpc) is 1.92. The van der Waals surface area contributed by atoms with Gasteiger partial charge in [-0.25, -0.2) is 0 Å². The monoisotopic (exact) mass is 160 g/mol. The van der Waals surface area contributed by atoms with Crippen molar-refractivity contribution in [1.82, 2.24) is 0 Å². The number of rotatable bonds is 0. The van der Waals surface area contributed by atoms with Crippen molar-refractivity contribution in [2.24, 2.45) is 0 Å². The van der Waals surface area contributed by atoms with Gasteiger partial charge in [0.1, 0.15) is 0 Å². The van der Waals surface area contributed by atoms with E-state index < -0.39 is 0 Å². The second-order valence-corrected chi connectivity index (χ2v) is 3.41. The predicted molar refractivity (Wildman–Crippen MR) is 42.4 cm³/mol. The lowest BCUT2D eigenvalue weighted by atomic mass is 10.00. The average molecular weight is 161 g/mol. The van der Waals surface area contributed by atoms with Gasteiger partial charge in [0.05, 0.1) is 5.38 Å². The van der Waals surface area contributed by atoms with E-state index in [9.17, 15) is 4.79 Å². The van der Waals surface area contributed by atoms with Crippen LogP contribution in [0.1, 0.15) is 38.5 Å². The van der Waals surface area contributed by atoms with Crippen molar-refractivity contribution in [2.75, 3.05) is 0 Å². The molecular weight excluding hydrogens is 148 g/mol. The van der Waals surface area contributed by atoms with Crippen LogP contribution in [0, 0.1) is 0 Å². The fourth-order valence-corrected chi connectivity index (χ4v) is 1.56. The summed E-state index contributed by atoms with van der Waals surface area (Å²) in [6.07, 6.45) is 6.21. The zero-order valence-electron chi connectivity index (χ0n) is 6.11. The van der Waals surface area contributed by atoms with Crippen LogP contribution in [0.15, 0.2) is 0 Å². The second kappa shape index (κ2) is 3.97. The number of hydrogen-bond donors (Lipinski definition) is 0. The molecule has 0 amide bonds. The third-order valence-electron chi connectivity index (χ3n) is 1.98. The molecule has 2 heteroatoms. The topological polar surface area (TPSA) is 17.1 Å². The molecule has 0 spiro atoms. The number of ketones is 1. The van der Waals surface area contributed by atoms with Gasteiger partial charge in [0, 0.05) is 6.42 Å². The summed E-state index contributed by atoms with van der Waals surface area (Å²) in [6, 6.07) is 0. The summed E-state index contributed by atoms with van der Waals surface area (Å²) in [5.41, 5.74) is 0. The summed E-state index contributed by atoms with van der Waals surface area (Å²) in [5, 5.41) is -0.180. The van der Waals surface area contributed by atoms with Gasteiger partial charge in [0.2, 0.25) is 0 Å². The number of Topliss-reactive ketones (excluding diaryl/α,β-unsaturated/α-hetero) is 1. The van der Waals surface area contributed by atoms with Crippen LogP contribution in [-0.4, -0.2) is 11.2 Å². The first-order valence-corrected chi connectivity index (χ1v) is 4.41. The van der Waals surface area contributed by atoms with E-state index in [2.05, 4.69) is 0 Å². The summed E-state index contributed by atoms with van der Waals surface area (Å²) in [5.74, 6) is 0.251. The van der Waals surface area contributed by atoms with Crippen LogP contribution in [0.2, 0.25) is 0 Å². The van der Waals surface area contributed by atoms with Crippen LogP contribution in [0.25, 0.3) is 0 Å². The summed E-state index contributed by atoms with van der Waals surface area (Å²) in [4.78, 5) is 11.0. The molecule has 0 unspecified atom stereocenters. The number of carbonyl (C=O) groups is 1. The van der Waals surface area contributed by atoms with E-state index in [4.69, 9.17) is 11.6 Å². The largest absolute Gasteiger partial charge is 0.298 e. The zero-order valence-corrected chi connectivity index (χ0v) is 6.86. The minimum Gasteiger partial charge on any atom is -0.298 e. The molecule has 0 aromatic rings. The highest BCUT2D eigenvalue weighted by Gasteiger charge is 2.15. The van der Waals surface area contributed by atoms with Gasteiger partial charge in [0.15, 0.2) is 5.78 Å². The molecule has 0 aliphatic heterocycles. The zero-order chi connectivity index (χ0) is 7.40. The molecule has 58 valence electrons. The minimum atomic E-state index is -0.180. The molecule has 0 aromatic carbocycles. The number of hydrogen-bond acceptors (Lipinski definition) is 1. The van der Waals surface area contributed by atoms with Crippen molar-refractivity contribution in [3.8, 4) is 0 Å². The highest BCUT2D eigenvalue weighted by Crippen LogP contribution is 2.18. The lowest BCUT2D eigenvalue weighted by molar-refractivity contribution is -0.119. The van der Waals surface area contributed by atoms with E-state index in [1.807, 2.05) is 0 Å². The van der Waals surface area contributed by atoms with Gasteiger partial charge in [-0.3, -0.25) is 4.79 Å². The Morgan fingerprint density at radius 1 is 1.20 bits per heavy atom. The van der Waals surface area contributed by atoms with Gasteiger partial charge in [-0.2, -0.15) is 0 Å². The maximum Gasteiger partial charge on any atom is 0.150 e. The quantitative estimate of drug-likeness (QED) is 0.498. The Hall–Kier alpha value is -0.0400. The van der Waals surface area contributed by atoms with E-state index >= 15 is 0 Å². The molecule has 1 atom stereocenters. The second-order valence-electron chi connectivity index (χ2n) is 2.89. The van der Waals surface area contributed by atoms with Crippen LogP contribution in [0.5, 0.6) is 0 Å². The van der Waals surface area contributed by atoms with Crippen molar-refractivity contribution in [3.63, 3.8) is 0 Å². The minimum absolute atomic E-state index is 0.180. The van der Waals surface area contributed by atoms with Crippen LogP contribution >= 0.6 is 11.6 Å². The molecule has 1 rings (SSSR count). The van der Waals surface area contributed by atoms with Gasteiger partial charge in [-0.1, -0.05) is 19.3 Å². The molecule has 0 saturated heterocycles. The van der Waals surface area contributed by atoms with Crippen molar-refractivity contribution in [2.45, 2.75) is 43.9 Å². The Morgan fingerprint density at radius 2 is 1.90 bits per heavy atom. The molecule has 0 bridgehead atoms. The summed E-state index contributed by atoms with van der Waals surface area (Å²) < 4.78 is 0. The van der Waals surface area contributed by atoms with E-state index in [1.165, 1.54) is 12.8 Å². The molecule has 1 aliphatic carbocycles. The van der Waals surface area contributed by atoms with Crippen LogP contribution in [0.3, 0.4) is 0 Å². The van der Waals surface area contributed by atoms with E-state index in [1.54, 1.807) is 0 Å². The van der Waals surface area contributed by atoms with Crippen molar-refractivity contribution in [1.29, 1.82) is 0 Å². The third kappa shape index (κ3) is 2.30. The van der Waals surface area contributed by atoms with E-state index in [-0.39, 0.29) is 11.2 Å². The third-order valence-corrected chi connectivity index (χ3v) is 2.44. The molecule has 0 N–H and O–H groups in total. The Labute approximate surface area is 66.8 Å². The maximum absolute atomic E-state index is 11.0. The smallest absolute Gasteiger partial charge is 0.150 e. The molecule has 10 heavy (non-hydrogen) atoms. The summed E-state index contributed by atoms with van der Waals surface area (Å²) in [7, 11) is 0. The van der Waals surface area contributed by atoms with Crippen molar-refractivity contribution >= 4 is 17.4 Å². The molecule has 1 nitrogen and oxygen atoms in total. The normalized spacial score (nSPS) is 29.3. The number of halogens is 1. The molecule has 1 aliphatic rings.